The molecule has 0 aliphatic carbocycles. The number of thiophene rings is 1. The summed E-state index contributed by atoms with van der Waals surface area (Å²) < 4.78 is 0. The normalized spacial score (nSPS) is 12.9. The van der Waals surface area contributed by atoms with E-state index in [4.69, 9.17) is 0 Å². The second-order valence-corrected chi connectivity index (χ2v) is 7.52. The number of carbonyl (C=O) groups excluding carboxylic acids is 1. The second kappa shape index (κ2) is 8.17. The smallest absolute Gasteiger partial charge is 0.326 e. The van der Waals surface area contributed by atoms with Crippen LogP contribution in [0.1, 0.15) is 51.3 Å². The van der Waals surface area contributed by atoms with Crippen molar-refractivity contribution in [3.63, 3.8) is 0 Å². The van der Waals surface area contributed by atoms with E-state index >= 15 is 0 Å². The number of carbonyl (C=O) groups is 2. The van der Waals surface area contributed by atoms with Crippen molar-refractivity contribution < 1.29 is 14.7 Å². The molecule has 118 valence electrons. The summed E-state index contributed by atoms with van der Waals surface area (Å²) >= 11 is 1.68. The maximum absolute atomic E-state index is 11.8. The van der Waals surface area contributed by atoms with Crippen LogP contribution >= 0.6 is 11.3 Å². The topological polar surface area (TPSA) is 66.4 Å². The summed E-state index contributed by atoms with van der Waals surface area (Å²) in [6.07, 6.45) is 3.22. The minimum absolute atomic E-state index is 0.0671. The number of aryl methyl sites for hydroxylation is 1. The van der Waals surface area contributed by atoms with Crippen molar-refractivity contribution in [1.29, 1.82) is 0 Å². The van der Waals surface area contributed by atoms with Gasteiger partial charge in [-0.3, -0.25) is 4.79 Å². The lowest BCUT2D eigenvalue weighted by molar-refractivity contribution is -0.142. The van der Waals surface area contributed by atoms with Gasteiger partial charge >= 0.3 is 5.97 Å². The van der Waals surface area contributed by atoms with Gasteiger partial charge in [0.25, 0.3) is 0 Å². The van der Waals surface area contributed by atoms with Crippen LogP contribution in [0.25, 0.3) is 0 Å². The first kappa shape index (κ1) is 17.7. The number of aliphatic carboxylic acids is 1. The molecule has 0 aliphatic rings. The number of hydrogen-bond donors (Lipinski definition) is 2. The molecule has 21 heavy (non-hydrogen) atoms. The molecule has 1 unspecified atom stereocenters. The summed E-state index contributed by atoms with van der Waals surface area (Å²) in [5.41, 5.74) is 0.0671. The van der Waals surface area contributed by atoms with Gasteiger partial charge in [-0.1, -0.05) is 26.8 Å². The molecule has 0 fully saturated rings. The van der Waals surface area contributed by atoms with E-state index < -0.39 is 12.0 Å². The van der Waals surface area contributed by atoms with E-state index in [1.54, 1.807) is 11.3 Å². The largest absolute Gasteiger partial charge is 0.480 e. The van der Waals surface area contributed by atoms with Crippen LogP contribution in [0.5, 0.6) is 0 Å². The lowest BCUT2D eigenvalue weighted by Crippen LogP contribution is -2.41. The average Bonchev–Trinajstić information content (AvgIpc) is 2.86. The molecule has 0 aromatic carbocycles. The first-order chi connectivity index (χ1) is 9.78. The Morgan fingerprint density at radius 3 is 2.62 bits per heavy atom. The summed E-state index contributed by atoms with van der Waals surface area (Å²) in [5, 5.41) is 13.8. The number of carboxylic acid groups (broad SMARTS) is 1. The van der Waals surface area contributed by atoms with Gasteiger partial charge in [-0.15, -0.1) is 11.3 Å². The van der Waals surface area contributed by atoms with Gasteiger partial charge in [0.15, 0.2) is 0 Å². The highest BCUT2D eigenvalue weighted by Gasteiger charge is 2.22. The van der Waals surface area contributed by atoms with Crippen LogP contribution in [0.2, 0.25) is 0 Å². The Morgan fingerprint density at radius 2 is 2.10 bits per heavy atom. The molecular formula is C16H25NO3S. The number of amides is 1. The Kier molecular flexibility index (Phi) is 6.89. The summed E-state index contributed by atoms with van der Waals surface area (Å²) in [6, 6.07) is 3.26. The molecule has 0 radical (unpaired) electrons. The molecule has 2 N–H and O–H groups in total. The maximum Gasteiger partial charge on any atom is 0.326 e. The van der Waals surface area contributed by atoms with Crippen LogP contribution in [0, 0.1) is 5.41 Å². The lowest BCUT2D eigenvalue weighted by atomic mass is 9.88. The van der Waals surface area contributed by atoms with Crippen LogP contribution < -0.4 is 5.32 Å². The first-order valence-corrected chi connectivity index (χ1v) is 8.20. The Hall–Kier alpha value is -1.36. The molecule has 0 saturated carbocycles. The summed E-state index contributed by atoms with van der Waals surface area (Å²) in [4.78, 5) is 24.3. The van der Waals surface area contributed by atoms with Crippen LogP contribution in [-0.2, 0) is 16.0 Å². The highest BCUT2D eigenvalue weighted by atomic mass is 32.1. The fourth-order valence-electron chi connectivity index (χ4n) is 1.98. The highest BCUT2D eigenvalue weighted by Crippen LogP contribution is 2.21. The van der Waals surface area contributed by atoms with Gasteiger partial charge in [0.1, 0.15) is 6.04 Å². The molecule has 1 atom stereocenters. The van der Waals surface area contributed by atoms with Crippen molar-refractivity contribution in [2.45, 2.75) is 58.9 Å². The molecule has 1 heterocycles. The number of hydrogen-bond acceptors (Lipinski definition) is 3. The van der Waals surface area contributed by atoms with Gasteiger partial charge in [-0.05, 0) is 42.5 Å². The van der Waals surface area contributed by atoms with Crippen LogP contribution in [-0.4, -0.2) is 23.0 Å². The number of nitrogens with one attached hydrogen (secondary N) is 1. The van der Waals surface area contributed by atoms with Crippen LogP contribution in [0.15, 0.2) is 17.5 Å². The van der Waals surface area contributed by atoms with Gasteiger partial charge in [0.05, 0.1) is 0 Å². The van der Waals surface area contributed by atoms with E-state index in [0.29, 0.717) is 12.8 Å². The predicted molar refractivity (Wildman–Crippen MR) is 85.5 cm³/mol. The molecule has 4 nitrogen and oxygen atoms in total. The fourth-order valence-corrected chi connectivity index (χ4v) is 2.73. The first-order valence-electron chi connectivity index (χ1n) is 7.32. The Labute approximate surface area is 130 Å². The molecule has 1 aromatic heterocycles. The van der Waals surface area contributed by atoms with E-state index in [9.17, 15) is 14.7 Å². The molecule has 1 rings (SSSR count). The minimum Gasteiger partial charge on any atom is -0.480 e. The van der Waals surface area contributed by atoms with Crippen LogP contribution in [0.4, 0.5) is 0 Å². The Balaban J connectivity index is 2.33. The molecule has 0 spiro atoms. The molecule has 1 aromatic rings. The zero-order valence-corrected chi connectivity index (χ0v) is 13.8. The third-order valence-electron chi connectivity index (χ3n) is 3.22. The van der Waals surface area contributed by atoms with Crippen molar-refractivity contribution in [1.82, 2.24) is 5.32 Å². The SMILES string of the molecule is CC(C)(C)CCC(NC(=O)CCCc1cccs1)C(=O)O. The molecule has 5 heteroatoms. The van der Waals surface area contributed by atoms with Crippen molar-refractivity contribution in [2.24, 2.45) is 5.41 Å². The zero-order chi connectivity index (χ0) is 15.9. The Morgan fingerprint density at radius 1 is 1.38 bits per heavy atom. The molecule has 0 aliphatic heterocycles. The molecule has 1 amide bonds. The molecule has 0 saturated heterocycles. The van der Waals surface area contributed by atoms with E-state index in [2.05, 4.69) is 26.1 Å². The monoisotopic (exact) mass is 311 g/mol. The number of carboxylic acids is 1. The fraction of sp³-hybridized carbons (Fsp3) is 0.625. The summed E-state index contributed by atoms with van der Waals surface area (Å²) in [6.45, 7) is 6.19. The van der Waals surface area contributed by atoms with Crippen molar-refractivity contribution in [3.8, 4) is 0 Å². The van der Waals surface area contributed by atoms with Crippen molar-refractivity contribution >= 4 is 23.2 Å². The van der Waals surface area contributed by atoms with E-state index in [0.717, 1.165) is 19.3 Å². The van der Waals surface area contributed by atoms with Crippen LogP contribution in [0.3, 0.4) is 0 Å². The Bertz CT molecular complexity index is 449. The minimum atomic E-state index is -0.953. The van der Waals surface area contributed by atoms with E-state index in [1.165, 1.54) is 4.88 Å². The average molecular weight is 311 g/mol. The number of rotatable bonds is 8. The summed E-state index contributed by atoms with van der Waals surface area (Å²) in [7, 11) is 0. The van der Waals surface area contributed by atoms with Crippen molar-refractivity contribution in [2.75, 3.05) is 0 Å². The van der Waals surface area contributed by atoms with Gasteiger partial charge < -0.3 is 10.4 Å². The van der Waals surface area contributed by atoms with E-state index in [-0.39, 0.29) is 11.3 Å². The third-order valence-corrected chi connectivity index (χ3v) is 4.16. The van der Waals surface area contributed by atoms with E-state index in [1.807, 2.05) is 17.5 Å². The van der Waals surface area contributed by atoms with Gasteiger partial charge in [0.2, 0.25) is 5.91 Å². The second-order valence-electron chi connectivity index (χ2n) is 6.49. The quantitative estimate of drug-likeness (QED) is 0.772. The van der Waals surface area contributed by atoms with Gasteiger partial charge in [0, 0.05) is 11.3 Å². The molecule has 0 bridgehead atoms. The predicted octanol–water partition coefficient (Wildman–Crippen LogP) is 3.47. The van der Waals surface area contributed by atoms with Gasteiger partial charge in [-0.25, -0.2) is 4.79 Å². The third kappa shape index (κ3) is 7.85. The lowest BCUT2D eigenvalue weighted by Gasteiger charge is -2.21. The summed E-state index contributed by atoms with van der Waals surface area (Å²) in [5.74, 6) is -1.13. The van der Waals surface area contributed by atoms with Crippen molar-refractivity contribution in [3.05, 3.63) is 22.4 Å². The highest BCUT2D eigenvalue weighted by molar-refractivity contribution is 7.09. The molecular weight excluding hydrogens is 286 g/mol. The van der Waals surface area contributed by atoms with Gasteiger partial charge in [-0.2, -0.15) is 0 Å². The standard InChI is InChI=1S/C16H25NO3S/c1-16(2,3)10-9-13(15(19)20)17-14(18)8-4-6-12-7-5-11-21-12/h5,7,11,13H,4,6,8-10H2,1-3H3,(H,17,18)(H,19,20). The zero-order valence-electron chi connectivity index (χ0n) is 13.0. The maximum atomic E-state index is 11.8.